The van der Waals surface area contributed by atoms with E-state index in [0.717, 1.165) is 4.88 Å². The summed E-state index contributed by atoms with van der Waals surface area (Å²) in [5.41, 5.74) is 4.75. The third kappa shape index (κ3) is 4.40. The molecule has 1 heterocycles. The van der Waals surface area contributed by atoms with Crippen LogP contribution in [0.15, 0.2) is 18.3 Å². The van der Waals surface area contributed by atoms with Crippen LogP contribution in [0.1, 0.15) is 35.3 Å². The topological polar surface area (TPSA) is 52.3 Å². The van der Waals surface area contributed by atoms with Gasteiger partial charge >= 0.3 is 5.97 Å². The van der Waals surface area contributed by atoms with E-state index in [0.29, 0.717) is 16.3 Å². The highest BCUT2D eigenvalue weighted by atomic mass is 35.5. The number of carbonyl (C=O) groups is 1. The molecular formula is C12H16ClNO2S. The fourth-order valence-corrected chi connectivity index (χ4v) is 2.45. The lowest BCUT2D eigenvalue weighted by molar-refractivity contribution is 0.00754. The maximum atomic E-state index is 11.8. The average molecular weight is 274 g/mol. The van der Waals surface area contributed by atoms with Crippen LogP contribution in [-0.2, 0) is 11.2 Å². The van der Waals surface area contributed by atoms with E-state index in [1.54, 1.807) is 12.1 Å². The maximum absolute atomic E-state index is 11.8. The van der Waals surface area contributed by atoms with Crippen molar-refractivity contribution in [2.75, 3.05) is 0 Å². The Bertz CT molecular complexity index is 432. The summed E-state index contributed by atoms with van der Waals surface area (Å²) >= 11 is 7.34. The molecule has 0 atom stereocenters. The highest BCUT2D eigenvalue weighted by Gasteiger charge is 2.22. The Balaban J connectivity index is 2.84. The molecule has 0 unspecified atom stereocenters. The van der Waals surface area contributed by atoms with Crippen molar-refractivity contribution in [3.8, 4) is 0 Å². The van der Waals surface area contributed by atoms with Gasteiger partial charge in [-0.05, 0) is 33.0 Å². The maximum Gasteiger partial charge on any atom is 0.350 e. The van der Waals surface area contributed by atoms with Crippen LogP contribution in [0.3, 0.4) is 0 Å². The number of hydrogen-bond acceptors (Lipinski definition) is 4. The van der Waals surface area contributed by atoms with Crippen molar-refractivity contribution in [1.29, 1.82) is 0 Å². The third-order valence-electron chi connectivity index (χ3n) is 1.78. The van der Waals surface area contributed by atoms with E-state index in [1.807, 2.05) is 20.8 Å². The van der Waals surface area contributed by atoms with E-state index in [9.17, 15) is 4.79 Å². The molecule has 0 aliphatic heterocycles. The van der Waals surface area contributed by atoms with Gasteiger partial charge in [0.05, 0.1) is 5.02 Å². The molecule has 0 aliphatic carbocycles. The highest BCUT2D eigenvalue weighted by Crippen LogP contribution is 2.29. The molecule has 94 valence electrons. The molecule has 1 rings (SSSR count). The van der Waals surface area contributed by atoms with E-state index in [4.69, 9.17) is 22.1 Å². The summed E-state index contributed by atoms with van der Waals surface area (Å²) in [7, 11) is 0. The van der Waals surface area contributed by atoms with E-state index in [2.05, 4.69) is 0 Å². The van der Waals surface area contributed by atoms with Crippen LogP contribution < -0.4 is 5.73 Å². The first-order chi connectivity index (χ1) is 7.83. The molecule has 1 aromatic rings. The molecule has 2 N–H and O–H groups in total. The first-order valence-corrected chi connectivity index (χ1v) is 6.41. The van der Waals surface area contributed by atoms with E-state index >= 15 is 0 Å². The standard InChI is InChI=1S/C12H16ClNO2S/c1-12(2,3)16-11(15)10-9(13)7-8(17-10)5-4-6-14/h4,6-7H,5,14H2,1-3H3. The van der Waals surface area contributed by atoms with Crippen LogP contribution in [0.5, 0.6) is 0 Å². The van der Waals surface area contributed by atoms with E-state index < -0.39 is 5.60 Å². The minimum absolute atomic E-state index is 0.379. The summed E-state index contributed by atoms with van der Waals surface area (Å²) in [6.45, 7) is 5.47. The van der Waals surface area contributed by atoms with Crippen LogP contribution in [0, 0.1) is 0 Å². The van der Waals surface area contributed by atoms with Crippen LogP contribution in [-0.4, -0.2) is 11.6 Å². The molecular weight excluding hydrogens is 258 g/mol. The average Bonchev–Trinajstić information content (AvgIpc) is 2.54. The predicted octanol–water partition coefficient (Wildman–Crippen LogP) is 3.37. The Kier molecular flexibility index (Phi) is 4.60. The molecule has 0 bridgehead atoms. The zero-order valence-electron chi connectivity index (χ0n) is 10.1. The Morgan fingerprint density at radius 3 is 2.76 bits per heavy atom. The van der Waals surface area contributed by atoms with Gasteiger partial charge in [-0.3, -0.25) is 0 Å². The van der Waals surface area contributed by atoms with Gasteiger partial charge in [-0.15, -0.1) is 11.3 Å². The Labute approximate surface area is 110 Å². The van der Waals surface area contributed by atoms with E-state index in [-0.39, 0.29) is 5.97 Å². The minimum Gasteiger partial charge on any atom is -0.456 e. The van der Waals surface area contributed by atoms with Gasteiger partial charge in [0.25, 0.3) is 0 Å². The van der Waals surface area contributed by atoms with Crippen molar-refractivity contribution in [2.45, 2.75) is 32.8 Å². The first kappa shape index (κ1) is 14.1. The molecule has 0 aromatic carbocycles. The van der Waals surface area contributed by atoms with Gasteiger partial charge in [-0.2, -0.15) is 0 Å². The van der Waals surface area contributed by atoms with Crippen molar-refractivity contribution in [3.05, 3.63) is 33.1 Å². The molecule has 0 radical (unpaired) electrons. The quantitative estimate of drug-likeness (QED) is 0.859. The summed E-state index contributed by atoms with van der Waals surface area (Å²) in [5, 5.41) is 0.435. The molecule has 5 heteroatoms. The van der Waals surface area contributed by atoms with Gasteiger partial charge in [0, 0.05) is 11.3 Å². The molecule has 17 heavy (non-hydrogen) atoms. The Hall–Kier alpha value is -1.00. The summed E-state index contributed by atoms with van der Waals surface area (Å²) in [6.07, 6.45) is 3.95. The Morgan fingerprint density at radius 1 is 1.59 bits per heavy atom. The van der Waals surface area contributed by atoms with E-state index in [1.165, 1.54) is 17.5 Å². The zero-order chi connectivity index (χ0) is 13.1. The molecule has 0 spiro atoms. The van der Waals surface area contributed by atoms with Crippen molar-refractivity contribution in [3.63, 3.8) is 0 Å². The lowest BCUT2D eigenvalue weighted by Crippen LogP contribution is -2.23. The second kappa shape index (κ2) is 5.56. The number of esters is 1. The second-order valence-electron chi connectivity index (χ2n) is 4.52. The van der Waals surface area contributed by atoms with Gasteiger partial charge < -0.3 is 10.5 Å². The summed E-state index contributed by atoms with van der Waals surface area (Å²) in [6, 6.07) is 1.77. The van der Waals surface area contributed by atoms with Crippen LogP contribution in [0.2, 0.25) is 5.02 Å². The lowest BCUT2D eigenvalue weighted by Gasteiger charge is -2.18. The van der Waals surface area contributed by atoms with Gasteiger partial charge in [0.2, 0.25) is 0 Å². The van der Waals surface area contributed by atoms with Gasteiger partial charge in [0.1, 0.15) is 10.5 Å². The smallest absolute Gasteiger partial charge is 0.350 e. The normalized spacial score (nSPS) is 12.0. The number of halogens is 1. The SMILES string of the molecule is CC(C)(C)OC(=O)c1sc(CC=CN)cc1Cl. The zero-order valence-corrected chi connectivity index (χ0v) is 11.7. The van der Waals surface area contributed by atoms with Crippen molar-refractivity contribution in [2.24, 2.45) is 5.73 Å². The Morgan fingerprint density at radius 2 is 2.24 bits per heavy atom. The van der Waals surface area contributed by atoms with Gasteiger partial charge in [-0.1, -0.05) is 17.7 Å². The fourth-order valence-electron chi connectivity index (χ4n) is 1.16. The number of nitrogens with two attached hydrogens (primary N) is 1. The fraction of sp³-hybridized carbons (Fsp3) is 0.417. The monoisotopic (exact) mass is 273 g/mol. The largest absolute Gasteiger partial charge is 0.456 e. The predicted molar refractivity (Wildman–Crippen MR) is 71.5 cm³/mol. The van der Waals surface area contributed by atoms with Gasteiger partial charge in [-0.25, -0.2) is 4.79 Å². The number of carbonyl (C=O) groups excluding carboxylic acids is 1. The van der Waals surface area contributed by atoms with Crippen LogP contribution in [0.25, 0.3) is 0 Å². The minimum atomic E-state index is -0.512. The molecule has 0 fully saturated rings. The number of allylic oxidation sites excluding steroid dienone is 1. The molecule has 0 saturated heterocycles. The molecule has 1 aromatic heterocycles. The molecule has 0 amide bonds. The third-order valence-corrected chi connectivity index (χ3v) is 3.32. The van der Waals surface area contributed by atoms with Crippen LogP contribution >= 0.6 is 22.9 Å². The summed E-state index contributed by atoms with van der Waals surface area (Å²) in [4.78, 5) is 13.3. The highest BCUT2D eigenvalue weighted by molar-refractivity contribution is 7.14. The summed E-state index contributed by atoms with van der Waals surface area (Å²) < 4.78 is 5.27. The lowest BCUT2D eigenvalue weighted by atomic mass is 10.2. The van der Waals surface area contributed by atoms with Gasteiger partial charge in [0.15, 0.2) is 0 Å². The number of ether oxygens (including phenoxy) is 1. The van der Waals surface area contributed by atoms with Crippen LogP contribution in [0.4, 0.5) is 0 Å². The number of hydrogen-bond donors (Lipinski definition) is 1. The summed E-state index contributed by atoms with van der Waals surface area (Å²) in [5.74, 6) is -0.379. The number of rotatable bonds is 3. The first-order valence-electron chi connectivity index (χ1n) is 5.22. The second-order valence-corrected chi connectivity index (χ2v) is 6.07. The van der Waals surface area contributed by atoms with Crippen molar-refractivity contribution in [1.82, 2.24) is 0 Å². The molecule has 0 saturated carbocycles. The molecule has 3 nitrogen and oxygen atoms in total. The molecule has 0 aliphatic rings. The van der Waals surface area contributed by atoms with Crippen molar-refractivity contribution >= 4 is 28.9 Å². The van der Waals surface area contributed by atoms with Crippen molar-refractivity contribution < 1.29 is 9.53 Å². The number of thiophene rings is 1.